The Morgan fingerprint density at radius 2 is 2.53 bits per heavy atom. The highest BCUT2D eigenvalue weighted by molar-refractivity contribution is 7.99. The number of hydrogen-bond donors (Lipinski definition) is 1. The molecule has 0 amide bonds. The zero-order chi connectivity index (χ0) is 11.8. The fourth-order valence-electron chi connectivity index (χ4n) is 1.87. The van der Waals surface area contributed by atoms with Crippen molar-refractivity contribution in [2.45, 2.75) is 25.5 Å². The first-order valence-corrected chi connectivity index (χ1v) is 7.39. The first kappa shape index (κ1) is 12.9. The Hall–Kier alpha value is -0.580. The van der Waals surface area contributed by atoms with Crippen LogP contribution in [-0.2, 0) is 11.3 Å². The molecule has 1 N–H and O–H groups in total. The van der Waals surface area contributed by atoms with Crippen molar-refractivity contribution in [2.75, 3.05) is 24.7 Å². The average molecular weight is 252 g/mol. The maximum absolute atomic E-state index is 5.58. The number of rotatable bonds is 7. The number of pyridine rings is 1. The van der Waals surface area contributed by atoms with E-state index in [0.29, 0.717) is 6.10 Å². The minimum absolute atomic E-state index is 0.512. The molecule has 0 aromatic carbocycles. The molecule has 2 rings (SSSR count). The standard InChI is InChI=1S/C13H20N2OS/c1-3-12(9-14-5-1)10-15-6-8-17-11-13-4-2-7-16-13/h1,3,5,9,13,15H,2,4,6-8,10-11H2. The van der Waals surface area contributed by atoms with Crippen molar-refractivity contribution in [1.82, 2.24) is 10.3 Å². The van der Waals surface area contributed by atoms with E-state index in [1.165, 1.54) is 18.4 Å². The summed E-state index contributed by atoms with van der Waals surface area (Å²) in [6.07, 6.45) is 6.71. The lowest BCUT2D eigenvalue weighted by Crippen LogP contribution is -2.18. The molecule has 0 aliphatic carbocycles. The van der Waals surface area contributed by atoms with E-state index in [-0.39, 0.29) is 0 Å². The van der Waals surface area contributed by atoms with Crippen molar-refractivity contribution < 1.29 is 4.74 Å². The highest BCUT2D eigenvalue weighted by atomic mass is 32.2. The van der Waals surface area contributed by atoms with Gasteiger partial charge in [-0.1, -0.05) is 6.07 Å². The summed E-state index contributed by atoms with van der Waals surface area (Å²) in [4.78, 5) is 4.09. The Morgan fingerprint density at radius 3 is 3.29 bits per heavy atom. The number of nitrogens with zero attached hydrogens (tertiary/aromatic N) is 1. The molecule has 1 saturated heterocycles. The average Bonchev–Trinajstić information content (AvgIpc) is 2.88. The normalized spacial score (nSPS) is 19.6. The van der Waals surface area contributed by atoms with Crippen LogP contribution in [0.3, 0.4) is 0 Å². The van der Waals surface area contributed by atoms with E-state index < -0.39 is 0 Å². The van der Waals surface area contributed by atoms with Gasteiger partial charge in [0.05, 0.1) is 6.10 Å². The first-order valence-electron chi connectivity index (χ1n) is 6.24. The molecular weight excluding hydrogens is 232 g/mol. The maximum atomic E-state index is 5.58. The lowest BCUT2D eigenvalue weighted by atomic mass is 10.3. The molecular formula is C13H20N2OS. The van der Waals surface area contributed by atoms with Crippen LogP contribution in [0.5, 0.6) is 0 Å². The summed E-state index contributed by atoms with van der Waals surface area (Å²) in [6.45, 7) is 2.92. The number of aromatic nitrogens is 1. The largest absolute Gasteiger partial charge is 0.377 e. The van der Waals surface area contributed by atoms with Crippen molar-refractivity contribution in [3.63, 3.8) is 0 Å². The SMILES string of the molecule is c1cncc(CNCCSCC2CCCO2)c1. The third kappa shape index (κ3) is 5.06. The fraction of sp³-hybridized carbons (Fsp3) is 0.615. The van der Waals surface area contributed by atoms with Crippen molar-refractivity contribution in [3.8, 4) is 0 Å². The van der Waals surface area contributed by atoms with Crippen LogP contribution in [0.4, 0.5) is 0 Å². The molecule has 1 aromatic heterocycles. The molecule has 0 bridgehead atoms. The van der Waals surface area contributed by atoms with Gasteiger partial charge in [-0.2, -0.15) is 11.8 Å². The molecule has 1 unspecified atom stereocenters. The van der Waals surface area contributed by atoms with Gasteiger partial charge in [-0.25, -0.2) is 0 Å². The van der Waals surface area contributed by atoms with E-state index in [1.807, 2.05) is 24.0 Å². The molecule has 1 atom stereocenters. The molecule has 17 heavy (non-hydrogen) atoms. The van der Waals surface area contributed by atoms with E-state index in [9.17, 15) is 0 Å². The summed E-state index contributed by atoms with van der Waals surface area (Å²) in [6, 6.07) is 4.07. The topological polar surface area (TPSA) is 34.2 Å². The molecule has 0 spiro atoms. The minimum atomic E-state index is 0.512. The number of ether oxygens (including phenoxy) is 1. The van der Waals surface area contributed by atoms with E-state index in [0.717, 1.165) is 31.2 Å². The molecule has 3 nitrogen and oxygen atoms in total. The second kappa shape index (κ2) is 7.69. The van der Waals surface area contributed by atoms with Gasteiger partial charge in [-0.05, 0) is 24.5 Å². The van der Waals surface area contributed by atoms with Gasteiger partial charge in [-0.15, -0.1) is 0 Å². The van der Waals surface area contributed by atoms with Gasteiger partial charge >= 0.3 is 0 Å². The van der Waals surface area contributed by atoms with Crippen LogP contribution in [-0.4, -0.2) is 35.7 Å². The van der Waals surface area contributed by atoms with Crippen LogP contribution in [0, 0.1) is 0 Å². The third-order valence-corrected chi connectivity index (χ3v) is 3.90. The lowest BCUT2D eigenvalue weighted by Gasteiger charge is -2.09. The van der Waals surface area contributed by atoms with Gasteiger partial charge in [0.2, 0.25) is 0 Å². The zero-order valence-electron chi connectivity index (χ0n) is 10.1. The zero-order valence-corrected chi connectivity index (χ0v) is 10.9. The van der Waals surface area contributed by atoms with E-state index in [1.54, 1.807) is 6.20 Å². The summed E-state index contributed by atoms with van der Waals surface area (Å²) in [5.74, 6) is 2.30. The quantitative estimate of drug-likeness (QED) is 0.754. The number of nitrogens with one attached hydrogen (secondary N) is 1. The van der Waals surface area contributed by atoms with E-state index in [4.69, 9.17) is 4.74 Å². The maximum Gasteiger partial charge on any atom is 0.0666 e. The highest BCUT2D eigenvalue weighted by Gasteiger charge is 2.14. The minimum Gasteiger partial charge on any atom is -0.377 e. The smallest absolute Gasteiger partial charge is 0.0666 e. The van der Waals surface area contributed by atoms with E-state index >= 15 is 0 Å². The lowest BCUT2D eigenvalue weighted by molar-refractivity contribution is 0.129. The molecule has 1 aliphatic rings. The monoisotopic (exact) mass is 252 g/mol. The molecule has 2 heterocycles. The van der Waals surface area contributed by atoms with Crippen LogP contribution in [0.2, 0.25) is 0 Å². The Kier molecular flexibility index (Phi) is 5.82. The number of hydrogen-bond acceptors (Lipinski definition) is 4. The predicted octanol–water partition coefficient (Wildman–Crippen LogP) is 2.08. The van der Waals surface area contributed by atoms with Gasteiger partial charge in [0, 0.05) is 43.6 Å². The van der Waals surface area contributed by atoms with Crippen LogP contribution in [0.1, 0.15) is 18.4 Å². The van der Waals surface area contributed by atoms with Crippen LogP contribution >= 0.6 is 11.8 Å². The Labute approximate surface area is 107 Å². The van der Waals surface area contributed by atoms with E-state index in [2.05, 4.69) is 16.4 Å². The fourth-order valence-corrected chi connectivity index (χ4v) is 2.85. The van der Waals surface area contributed by atoms with Crippen LogP contribution in [0.15, 0.2) is 24.5 Å². The first-order chi connectivity index (χ1) is 8.45. The van der Waals surface area contributed by atoms with Gasteiger partial charge in [0.25, 0.3) is 0 Å². The molecule has 0 radical (unpaired) electrons. The highest BCUT2D eigenvalue weighted by Crippen LogP contribution is 2.16. The van der Waals surface area contributed by atoms with Gasteiger partial charge < -0.3 is 10.1 Å². The summed E-state index contributed by atoms with van der Waals surface area (Å²) >= 11 is 1.98. The summed E-state index contributed by atoms with van der Waals surface area (Å²) in [5, 5.41) is 3.43. The molecule has 94 valence electrons. The van der Waals surface area contributed by atoms with Crippen molar-refractivity contribution in [1.29, 1.82) is 0 Å². The summed E-state index contributed by atoms with van der Waals surface area (Å²) < 4.78 is 5.58. The molecule has 1 fully saturated rings. The molecule has 1 aliphatic heterocycles. The second-order valence-electron chi connectivity index (χ2n) is 4.25. The summed E-state index contributed by atoms with van der Waals surface area (Å²) in [7, 11) is 0. The molecule has 1 aromatic rings. The van der Waals surface area contributed by atoms with Crippen LogP contribution in [0.25, 0.3) is 0 Å². The third-order valence-electron chi connectivity index (χ3n) is 2.80. The predicted molar refractivity (Wildman–Crippen MR) is 72.2 cm³/mol. The van der Waals surface area contributed by atoms with Crippen molar-refractivity contribution in [2.24, 2.45) is 0 Å². The van der Waals surface area contributed by atoms with Gasteiger partial charge in [0.15, 0.2) is 0 Å². The summed E-state index contributed by atoms with van der Waals surface area (Å²) in [5.41, 5.74) is 1.25. The van der Waals surface area contributed by atoms with Gasteiger partial charge in [-0.3, -0.25) is 4.98 Å². The Balaban J connectivity index is 1.46. The van der Waals surface area contributed by atoms with Crippen molar-refractivity contribution >= 4 is 11.8 Å². The second-order valence-corrected chi connectivity index (χ2v) is 5.40. The Morgan fingerprint density at radius 1 is 1.53 bits per heavy atom. The van der Waals surface area contributed by atoms with Gasteiger partial charge in [0.1, 0.15) is 0 Å². The number of thioether (sulfide) groups is 1. The molecule has 0 saturated carbocycles. The van der Waals surface area contributed by atoms with Crippen LogP contribution < -0.4 is 5.32 Å². The Bertz CT molecular complexity index is 302. The van der Waals surface area contributed by atoms with Crippen molar-refractivity contribution in [3.05, 3.63) is 30.1 Å². The molecule has 4 heteroatoms.